The molecule has 0 bridgehead atoms. The topological polar surface area (TPSA) is 42.3 Å². The summed E-state index contributed by atoms with van der Waals surface area (Å²) in [6.07, 6.45) is 6.96. The second kappa shape index (κ2) is 7.09. The number of rotatable bonds is 4. The molecule has 2 unspecified atom stereocenters. The number of hydrogen-bond donors (Lipinski definition) is 1. The summed E-state index contributed by atoms with van der Waals surface area (Å²) in [5.41, 5.74) is -0.296. The first-order valence-electron chi connectivity index (χ1n) is 8.55. The maximum absolute atomic E-state index is 9.68. The molecular weight excluding hydrogens is 260 g/mol. The van der Waals surface area contributed by atoms with Crippen molar-refractivity contribution in [1.82, 2.24) is 15.1 Å². The fourth-order valence-electron chi connectivity index (χ4n) is 4.14. The molecule has 120 valence electrons. The predicted molar refractivity (Wildman–Crippen MR) is 87.2 cm³/mol. The van der Waals surface area contributed by atoms with Crippen LogP contribution in [0.1, 0.15) is 52.4 Å². The minimum Gasteiger partial charge on any atom is -0.306 e. The summed E-state index contributed by atoms with van der Waals surface area (Å²) in [7, 11) is 4.38. The van der Waals surface area contributed by atoms with Gasteiger partial charge in [-0.25, -0.2) is 0 Å². The van der Waals surface area contributed by atoms with Gasteiger partial charge >= 0.3 is 0 Å². The molecule has 1 saturated heterocycles. The van der Waals surface area contributed by atoms with E-state index < -0.39 is 0 Å². The predicted octanol–water partition coefficient (Wildman–Crippen LogP) is 2.22. The van der Waals surface area contributed by atoms with Crippen LogP contribution in [0.25, 0.3) is 0 Å². The van der Waals surface area contributed by atoms with Crippen molar-refractivity contribution in [1.29, 1.82) is 5.26 Å². The van der Waals surface area contributed by atoms with Crippen molar-refractivity contribution in [3.8, 4) is 6.07 Å². The average molecular weight is 292 g/mol. The van der Waals surface area contributed by atoms with Gasteiger partial charge in [-0.1, -0.05) is 0 Å². The Hall–Kier alpha value is -0.630. The summed E-state index contributed by atoms with van der Waals surface area (Å²) in [4.78, 5) is 5.01. The number of piperidine rings is 1. The van der Waals surface area contributed by atoms with Crippen LogP contribution in [0.2, 0.25) is 0 Å². The molecule has 1 N–H and O–H groups in total. The van der Waals surface area contributed by atoms with Crippen LogP contribution in [-0.4, -0.2) is 60.6 Å². The molecule has 2 fully saturated rings. The molecule has 4 nitrogen and oxygen atoms in total. The highest BCUT2D eigenvalue weighted by atomic mass is 15.2. The normalized spacial score (nSPS) is 32.5. The van der Waals surface area contributed by atoms with Crippen molar-refractivity contribution < 1.29 is 0 Å². The highest BCUT2D eigenvalue weighted by Crippen LogP contribution is 2.33. The summed E-state index contributed by atoms with van der Waals surface area (Å²) in [6.45, 7) is 6.67. The Morgan fingerprint density at radius 3 is 2.43 bits per heavy atom. The Labute approximate surface area is 130 Å². The summed E-state index contributed by atoms with van der Waals surface area (Å²) < 4.78 is 0. The molecule has 2 rings (SSSR count). The van der Waals surface area contributed by atoms with Crippen LogP contribution in [0.15, 0.2) is 0 Å². The molecule has 0 amide bonds. The summed E-state index contributed by atoms with van der Waals surface area (Å²) in [5, 5.41) is 13.2. The van der Waals surface area contributed by atoms with Crippen LogP contribution in [0.3, 0.4) is 0 Å². The molecule has 0 aromatic rings. The second-order valence-corrected chi connectivity index (χ2v) is 7.47. The van der Waals surface area contributed by atoms with Crippen LogP contribution in [0.4, 0.5) is 0 Å². The molecule has 0 aromatic heterocycles. The van der Waals surface area contributed by atoms with Gasteiger partial charge in [0.05, 0.1) is 6.07 Å². The third-order valence-electron chi connectivity index (χ3n) is 5.25. The Bertz CT molecular complexity index is 365. The Morgan fingerprint density at radius 1 is 1.24 bits per heavy atom. The maximum Gasteiger partial charge on any atom is 0.108 e. The maximum atomic E-state index is 9.68. The molecular formula is C17H32N4. The Morgan fingerprint density at radius 2 is 1.90 bits per heavy atom. The third-order valence-corrected chi connectivity index (χ3v) is 5.25. The molecule has 1 aliphatic heterocycles. The standard InChI is InChI=1S/C17H32N4/c1-14(2)19-17(13-18)9-5-6-16(12-17)21-10-7-15(8-11-21)20(3)4/h14-16,19H,5-12H2,1-4H3. The lowest BCUT2D eigenvalue weighted by molar-refractivity contribution is 0.0701. The van der Waals surface area contributed by atoms with Gasteiger partial charge in [0.1, 0.15) is 5.54 Å². The molecule has 21 heavy (non-hydrogen) atoms. The van der Waals surface area contributed by atoms with E-state index in [-0.39, 0.29) is 5.54 Å². The number of nitriles is 1. The summed E-state index contributed by atoms with van der Waals surface area (Å²) in [5.74, 6) is 0. The highest BCUT2D eigenvalue weighted by molar-refractivity contribution is 5.12. The van der Waals surface area contributed by atoms with Crippen molar-refractivity contribution in [3.63, 3.8) is 0 Å². The van der Waals surface area contributed by atoms with Gasteiger partial charge in [-0.15, -0.1) is 0 Å². The van der Waals surface area contributed by atoms with Gasteiger partial charge < -0.3 is 9.80 Å². The molecule has 1 heterocycles. The van der Waals surface area contributed by atoms with Crippen molar-refractivity contribution in [2.75, 3.05) is 27.2 Å². The van der Waals surface area contributed by atoms with Gasteiger partial charge in [0, 0.05) is 18.1 Å². The molecule has 0 spiro atoms. The molecule has 1 saturated carbocycles. The van der Waals surface area contributed by atoms with E-state index in [4.69, 9.17) is 0 Å². The molecule has 1 aliphatic carbocycles. The number of nitrogens with zero attached hydrogens (tertiary/aromatic N) is 3. The molecule has 2 atom stereocenters. The number of likely N-dealkylation sites (tertiary alicyclic amines) is 1. The van der Waals surface area contributed by atoms with Crippen molar-refractivity contribution in [3.05, 3.63) is 0 Å². The molecule has 2 aliphatic rings. The zero-order chi connectivity index (χ0) is 15.5. The van der Waals surface area contributed by atoms with E-state index in [1.54, 1.807) is 0 Å². The SMILES string of the molecule is CC(C)NC1(C#N)CCCC(N2CCC(N(C)C)CC2)C1. The van der Waals surface area contributed by atoms with E-state index in [2.05, 4.69) is 49.1 Å². The fraction of sp³-hybridized carbons (Fsp3) is 0.941. The van der Waals surface area contributed by atoms with Crippen molar-refractivity contribution in [2.24, 2.45) is 0 Å². The lowest BCUT2D eigenvalue weighted by atomic mass is 9.78. The molecule has 0 radical (unpaired) electrons. The van der Waals surface area contributed by atoms with Gasteiger partial charge in [0.15, 0.2) is 0 Å². The lowest BCUT2D eigenvalue weighted by Gasteiger charge is -2.45. The first-order chi connectivity index (χ1) is 9.96. The molecule has 4 heteroatoms. The van der Waals surface area contributed by atoms with Crippen LogP contribution >= 0.6 is 0 Å². The zero-order valence-corrected chi connectivity index (χ0v) is 14.2. The van der Waals surface area contributed by atoms with Crippen molar-refractivity contribution >= 4 is 0 Å². The number of nitrogens with one attached hydrogen (secondary N) is 1. The largest absolute Gasteiger partial charge is 0.306 e. The van der Waals surface area contributed by atoms with Gasteiger partial charge in [-0.3, -0.25) is 5.32 Å². The average Bonchev–Trinajstić information content (AvgIpc) is 2.47. The van der Waals surface area contributed by atoms with E-state index in [1.165, 1.54) is 38.8 Å². The summed E-state index contributed by atoms with van der Waals surface area (Å²) in [6, 6.07) is 4.30. The van der Waals surface area contributed by atoms with E-state index in [0.717, 1.165) is 18.9 Å². The van der Waals surface area contributed by atoms with Gasteiger partial charge in [-0.05, 0) is 79.6 Å². The first kappa shape index (κ1) is 16.7. The fourth-order valence-corrected chi connectivity index (χ4v) is 4.14. The van der Waals surface area contributed by atoms with Crippen LogP contribution in [0.5, 0.6) is 0 Å². The monoisotopic (exact) mass is 292 g/mol. The van der Waals surface area contributed by atoms with Gasteiger partial charge in [0.25, 0.3) is 0 Å². The quantitative estimate of drug-likeness (QED) is 0.863. The first-order valence-corrected chi connectivity index (χ1v) is 8.55. The van der Waals surface area contributed by atoms with Crippen LogP contribution in [0, 0.1) is 11.3 Å². The van der Waals surface area contributed by atoms with E-state index in [0.29, 0.717) is 12.1 Å². The Kier molecular flexibility index (Phi) is 5.65. The lowest BCUT2D eigenvalue weighted by Crippen LogP contribution is -2.56. The van der Waals surface area contributed by atoms with Crippen LogP contribution < -0.4 is 5.32 Å². The van der Waals surface area contributed by atoms with E-state index in [1.807, 2.05) is 0 Å². The Balaban J connectivity index is 1.94. The highest BCUT2D eigenvalue weighted by Gasteiger charge is 2.39. The van der Waals surface area contributed by atoms with E-state index >= 15 is 0 Å². The van der Waals surface area contributed by atoms with Crippen molar-refractivity contribution in [2.45, 2.75) is 76.0 Å². The third kappa shape index (κ3) is 4.18. The van der Waals surface area contributed by atoms with Crippen LogP contribution in [-0.2, 0) is 0 Å². The van der Waals surface area contributed by atoms with Gasteiger partial charge in [-0.2, -0.15) is 5.26 Å². The summed E-state index contributed by atoms with van der Waals surface area (Å²) >= 11 is 0. The second-order valence-electron chi connectivity index (χ2n) is 7.47. The number of hydrogen-bond acceptors (Lipinski definition) is 4. The minimum absolute atomic E-state index is 0.296. The smallest absolute Gasteiger partial charge is 0.108 e. The van der Waals surface area contributed by atoms with Gasteiger partial charge in [0.2, 0.25) is 0 Å². The molecule has 0 aromatic carbocycles. The van der Waals surface area contributed by atoms with E-state index in [9.17, 15) is 5.26 Å². The minimum atomic E-state index is -0.296. The zero-order valence-electron chi connectivity index (χ0n) is 14.2.